The zero-order valence-corrected chi connectivity index (χ0v) is 13.8. The summed E-state index contributed by atoms with van der Waals surface area (Å²) in [6, 6.07) is 7.32. The summed E-state index contributed by atoms with van der Waals surface area (Å²) >= 11 is 0. The fraction of sp³-hybridized carbons (Fsp3) is 0.600. The lowest BCUT2D eigenvalue weighted by Gasteiger charge is -2.38. The lowest BCUT2D eigenvalue weighted by Crippen LogP contribution is -2.53. The van der Waals surface area contributed by atoms with Gasteiger partial charge in [0.05, 0.1) is 4.90 Å². The standard InChI is InChI=1S/C15H25N3O2S/c1-4-16-14-8-10-15(11-9-14)21(19,20)17-18-12(2)6-5-7-13(18)3/h8-13,16-17H,4-7H2,1-3H3. The number of rotatable bonds is 5. The van der Waals surface area contributed by atoms with Crippen LogP contribution in [-0.4, -0.2) is 32.1 Å². The first kappa shape index (κ1) is 16.3. The van der Waals surface area contributed by atoms with E-state index < -0.39 is 10.0 Å². The van der Waals surface area contributed by atoms with Crippen molar-refractivity contribution in [2.75, 3.05) is 11.9 Å². The fourth-order valence-electron chi connectivity index (χ4n) is 2.75. The maximum absolute atomic E-state index is 12.5. The van der Waals surface area contributed by atoms with E-state index in [4.69, 9.17) is 0 Å². The Morgan fingerprint density at radius 2 is 1.71 bits per heavy atom. The van der Waals surface area contributed by atoms with Crippen LogP contribution in [0.5, 0.6) is 0 Å². The molecule has 0 bridgehead atoms. The molecule has 1 saturated heterocycles. The summed E-state index contributed by atoms with van der Waals surface area (Å²) in [7, 11) is -3.51. The van der Waals surface area contributed by atoms with Crippen molar-refractivity contribution in [3.8, 4) is 0 Å². The molecule has 0 amide bonds. The van der Waals surface area contributed by atoms with Crippen LogP contribution in [0.15, 0.2) is 29.2 Å². The number of nitrogens with one attached hydrogen (secondary N) is 2. The molecular weight excluding hydrogens is 286 g/mol. The van der Waals surface area contributed by atoms with Crippen molar-refractivity contribution in [1.29, 1.82) is 0 Å². The smallest absolute Gasteiger partial charge is 0.253 e. The van der Waals surface area contributed by atoms with E-state index in [0.717, 1.165) is 31.5 Å². The van der Waals surface area contributed by atoms with Crippen LogP contribution in [0, 0.1) is 0 Å². The van der Waals surface area contributed by atoms with Gasteiger partial charge in [-0.05, 0) is 57.9 Å². The van der Waals surface area contributed by atoms with Crippen LogP contribution in [0.3, 0.4) is 0 Å². The molecule has 2 unspecified atom stereocenters. The average Bonchev–Trinajstić information content (AvgIpc) is 2.44. The van der Waals surface area contributed by atoms with Gasteiger partial charge in [-0.1, -0.05) is 6.42 Å². The van der Waals surface area contributed by atoms with E-state index in [2.05, 4.69) is 24.0 Å². The molecule has 2 rings (SSSR count). The quantitative estimate of drug-likeness (QED) is 0.877. The molecule has 1 aliphatic rings. The van der Waals surface area contributed by atoms with Gasteiger partial charge in [0.25, 0.3) is 10.0 Å². The fourth-order valence-corrected chi connectivity index (χ4v) is 3.99. The van der Waals surface area contributed by atoms with Gasteiger partial charge < -0.3 is 5.32 Å². The van der Waals surface area contributed by atoms with Gasteiger partial charge >= 0.3 is 0 Å². The predicted octanol–water partition coefficient (Wildman–Crippen LogP) is 2.57. The molecule has 1 aromatic rings. The summed E-state index contributed by atoms with van der Waals surface area (Å²) in [5.41, 5.74) is 0.927. The Kier molecular flexibility index (Phi) is 5.24. The van der Waals surface area contributed by atoms with Crippen LogP contribution < -0.4 is 10.1 Å². The zero-order chi connectivity index (χ0) is 15.5. The zero-order valence-electron chi connectivity index (χ0n) is 13.0. The predicted molar refractivity (Wildman–Crippen MR) is 85.5 cm³/mol. The first-order chi connectivity index (χ1) is 9.94. The van der Waals surface area contributed by atoms with Crippen LogP contribution in [0.1, 0.15) is 40.0 Å². The molecule has 1 heterocycles. The molecule has 118 valence electrons. The minimum atomic E-state index is -3.51. The van der Waals surface area contributed by atoms with Crippen molar-refractivity contribution < 1.29 is 8.42 Å². The molecule has 21 heavy (non-hydrogen) atoms. The summed E-state index contributed by atoms with van der Waals surface area (Å²) in [6.07, 6.45) is 3.19. The number of piperidine rings is 1. The molecule has 0 aromatic heterocycles. The van der Waals surface area contributed by atoms with E-state index in [0.29, 0.717) is 4.90 Å². The topological polar surface area (TPSA) is 61.4 Å². The molecule has 1 aliphatic heterocycles. The highest BCUT2D eigenvalue weighted by Crippen LogP contribution is 2.22. The second kappa shape index (κ2) is 6.77. The number of nitrogens with zero attached hydrogens (tertiary/aromatic N) is 1. The largest absolute Gasteiger partial charge is 0.385 e. The van der Waals surface area contributed by atoms with E-state index in [1.54, 1.807) is 24.3 Å². The van der Waals surface area contributed by atoms with Gasteiger partial charge in [-0.25, -0.2) is 13.4 Å². The number of benzene rings is 1. The highest BCUT2D eigenvalue weighted by Gasteiger charge is 2.29. The third-order valence-corrected chi connectivity index (χ3v) is 5.31. The Labute approximate surface area is 127 Å². The summed E-state index contributed by atoms with van der Waals surface area (Å²) in [5, 5.41) is 5.03. The number of hydrogen-bond donors (Lipinski definition) is 2. The van der Waals surface area contributed by atoms with Crippen LogP contribution in [0.25, 0.3) is 0 Å². The van der Waals surface area contributed by atoms with E-state index >= 15 is 0 Å². The van der Waals surface area contributed by atoms with Gasteiger partial charge in [-0.15, -0.1) is 4.83 Å². The Morgan fingerprint density at radius 1 is 1.14 bits per heavy atom. The van der Waals surface area contributed by atoms with Crippen LogP contribution in [0.4, 0.5) is 5.69 Å². The van der Waals surface area contributed by atoms with Gasteiger partial charge in [0.1, 0.15) is 0 Å². The first-order valence-corrected chi connectivity index (χ1v) is 9.07. The van der Waals surface area contributed by atoms with Gasteiger partial charge in [0.2, 0.25) is 0 Å². The van der Waals surface area contributed by atoms with E-state index in [1.165, 1.54) is 0 Å². The van der Waals surface area contributed by atoms with Gasteiger partial charge in [0, 0.05) is 24.3 Å². The summed E-state index contributed by atoms with van der Waals surface area (Å²) in [6.45, 7) is 6.94. The number of anilines is 1. The molecule has 5 nitrogen and oxygen atoms in total. The molecule has 0 aliphatic carbocycles. The molecule has 2 N–H and O–H groups in total. The van der Waals surface area contributed by atoms with Crippen molar-refractivity contribution in [3.63, 3.8) is 0 Å². The summed E-state index contributed by atoms with van der Waals surface area (Å²) in [5.74, 6) is 0. The van der Waals surface area contributed by atoms with Crippen LogP contribution in [-0.2, 0) is 10.0 Å². The van der Waals surface area contributed by atoms with Gasteiger partial charge in [0.15, 0.2) is 0 Å². The Hall–Kier alpha value is -1.11. The lowest BCUT2D eigenvalue weighted by atomic mass is 10.0. The Bertz CT molecular complexity index is 547. The maximum atomic E-state index is 12.5. The summed E-state index contributed by atoms with van der Waals surface area (Å²) in [4.78, 5) is 3.05. The molecule has 0 spiro atoms. The molecule has 0 radical (unpaired) electrons. The monoisotopic (exact) mass is 311 g/mol. The SMILES string of the molecule is CCNc1ccc(S(=O)(=O)NN2C(C)CCCC2C)cc1. The van der Waals surface area contributed by atoms with Crippen molar-refractivity contribution in [2.45, 2.75) is 57.0 Å². The number of hydrogen-bond acceptors (Lipinski definition) is 4. The third kappa shape index (κ3) is 3.96. The third-order valence-electron chi connectivity index (χ3n) is 3.96. The molecule has 2 atom stereocenters. The van der Waals surface area contributed by atoms with Crippen molar-refractivity contribution >= 4 is 15.7 Å². The molecular formula is C15H25N3O2S. The van der Waals surface area contributed by atoms with Gasteiger partial charge in [-0.3, -0.25) is 0 Å². The Balaban J connectivity index is 2.13. The van der Waals surface area contributed by atoms with E-state index in [1.807, 2.05) is 11.9 Å². The van der Waals surface area contributed by atoms with Crippen molar-refractivity contribution in [2.24, 2.45) is 0 Å². The van der Waals surface area contributed by atoms with Crippen molar-refractivity contribution in [1.82, 2.24) is 9.84 Å². The van der Waals surface area contributed by atoms with Gasteiger partial charge in [-0.2, -0.15) is 0 Å². The highest BCUT2D eigenvalue weighted by molar-refractivity contribution is 7.89. The second-order valence-electron chi connectivity index (χ2n) is 5.69. The molecule has 1 aromatic carbocycles. The second-order valence-corrected chi connectivity index (χ2v) is 7.35. The maximum Gasteiger partial charge on any atom is 0.253 e. The molecule has 6 heteroatoms. The first-order valence-electron chi connectivity index (χ1n) is 7.58. The lowest BCUT2D eigenvalue weighted by molar-refractivity contribution is 0.0790. The van der Waals surface area contributed by atoms with E-state index in [9.17, 15) is 8.42 Å². The van der Waals surface area contributed by atoms with E-state index in [-0.39, 0.29) is 12.1 Å². The van der Waals surface area contributed by atoms with Crippen LogP contribution >= 0.6 is 0 Å². The normalized spacial score (nSPS) is 24.0. The minimum absolute atomic E-state index is 0.226. The van der Waals surface area contributed by atoms with Crippen molar-refractivity contribution in [3.05, 3.63) is 24.3 Å². The minimum Gasteiger partial charge on any atom is -0.385 e. The van der Waals surface area contributed by atoms with Crippen LogP contribution in [0.2, 0.25) is 0 Å². The number of sulfonamides is 1. The highest BCUT2D eigenvalue weighted by atomic mass is 32.2. The number of hydrazine groups is 1. The summed E-state index contributed by atoms with van der Waals surface area (Å²) < 4.78 is 25.0. The average molecular weight is 311 g/mol. The molecule has 1 fully saturated rings. The molecule has 0 saturated carbocycles. The Morgan fingerprint density at radius 3 is 2.24 bits per heavy atom.